The van der Waals surface area contributed by atoms with E-state index < -0.39 is 0 Å². The number of rotatable bonds is 4. The van der Waals surface area contributed by atoms with Crippen molar-refractivity contribution in [3.63, 3.8) is 0 Å². The fourth-order valence-electron chi connectivity index (χ4n) is 2.48. The third-order valence-electron chi connectivity index (χ3n) is 4.18. The fourth-order valence-corrected chi connectivity index (χ4v) is 2.48. The second-order valence-corrected chi connectivity index (χ2v) is 5.99. The molecule has 3 aromatic rings. The maximum Gasteiger partial charge on any atom is 0.229 e. The van der Waals surface area contributed by atoms with Crippen molar-refractivity contribution in [1.82, 2.24) is 9.97 Å². The normalized spacial score (nSPS) is 10.1. The summed E-state index contributed by atoms with van der Waals surface area (Å²) >= 11 is 0. The number of benzene rings is 2. The van der Waals surface area contributed by atoms with Gasteiger partial charge in [-0.1, -0.05) is 36.4 Å². The van der Waals surface area contributed by atoms with Crippen molar-refractivity contribution in [2.75, 3.05) is 10.6 Å². The predicted molar refractivity (Wildman–Crippen MR) is 108 cm³/mol. The van der Waals surface area contributed by atoms with Gasteiger partial charge >= 0.3 is 0 Å². The summed E-state index contributed by atoms with van der Waals surface area (Å²) in [6, 6.07) is 16.3. The van der Waals surface area contributed by atoms with Crippen LogP contribution in [0.4, 0.5) is 23.1 Å². The van der Waals surface area contributed by atoms with Crippen molar-refractivity contribution in [2.45, 2.75) is 27.7 Å². The van der Waals surface area contributed by atoms with Crippen LogP contribution in [0.1, 0.15) is 22.4 Å². The molecule has 2 aromatic carbocycles. The number of aromatic nitrogens is 2. The second-order valence-electron chi connectivity index (χ2n) is 5.99. The van der Waals surface area contributed by atoms with E-state index in [1.165, 1.54) is 5.56 Å². The minimum Gasteiger partial charge on any atom is -0.340 e. The molecule has 0 aliphatic carbocycles. The molecule has 0 aliphatic rings. The van der Waals surface area contributed by atoms with Gasteiger partial charge in [-0.15, -0.1) is 12.4 Å². The van der Waals surface area contributed by atoms with Crippen LogP contribution >= 0.6 is 12.4 Å². The summed E-state index contributed by atoms with van der Waals surface area (Å²) in [5, 5.41) is 6.75. The van der Waals surface area contributed by atoms with Gasteiger partial charge in [0, 0.05) is 22.6 Å². The summed E-state index contributed by atoms with van der Waals surface area (Å²) in [5.41, 5.74) is 6.42. The maximum atomic E-state index is 4.67. The highest BCUT2D eigenvalue weighted by Crippen LogP contribution is 2.25. The summed E-state index contributed by atoms with van der Waals surface area (Å²) in [5.74, 6) is 1.43. The van der Waals surface area contributed by atoms with E-state index in [0.717, 1.165) is 34.0 Å². The zero-order chi connectivity index (χ0) is 17.1. The first-order chi connectivity index (χ1) is 11.5. The molecular formula is C20H23ClN4. The summed E-state index contributed by atoms with van der Waals surface area (Å²) < 4.78 is 0. The molecule has 5 heteroatoms. The Balaban J connectivity index is 0.00000225. The Morgan fingerprint density at radius 3 is 1.76 bits per heavy atom. The average molecular weight is 355 g/mol. The van der Waals surface area contributed by atoms with Gasteiger partial charge in [-0.05, 0) is 51.0 Å². The van der Waals surface area contributed by atoms with Crippen LogP contribution in [0.5, 0.6) is 0 Å². The monoisotopic (exact) mass is 354 g/mol. The van der Waals surface area contributed by atoms with Crippen molar-refractivity contribution in [1.29, 1.82) is 0 Å². The third kappa shape index (κ3) is 4.28. The molecule has 0 bridgehead atoms. The minimum absolute atomic E-state index is 0. The molecule has 3 rings (SSSR count). The number of hydrogen-bond acceptors (Lipinski definition) is 4. The zero-order valence-corrected chi connectivity index (χ0v) is 15.7. The number of para-hydroxylation sites is 2. The number of nitrogens with one attached hydrogen (secondary N) is 2. The topological polar surface area (TPSA) is 49.8 Å². The highest BCUT2D eigenvalue weighted by molar-refractivity contribution is 5.85. The van der Waals surface area contributed by atoms with Gasteiger partial charge in [0.25, 0.3) is 0 Å². The van der Waals surface area contributed by atoms with Crippen LogP contribution < -0.4 is 10.6 Å². The Labute approximate surface area is 155 Å². The van der Waals surface area contributed by atoms with E-state index in [1.54, 1.807) is 0 Å². The lowest BCUT2D eigenvalue weighted by atomic mass is 10.2. The maximum absolute atomic E-state index is 4.67. The number of halogens is 1. The van der Waals surface area contributed by atoms with Crippen molar-refractivity contribution in [3.8, 4) is 0 Å². The predicted octanol–water partition coefficient (Wildman–Crippen LogP) is 5.62. The van der Waals surface area contributed by atoms with Crippen LogP contribution in [0.15, 0.2) is 48.5 Å². The SMILES string of the molecule is Cc1ccccc1Nc1nc(C)c(C)c(Nc2ccccc2C)n1.Cl. The quantitative estimate of drug-likeness (QED) is 0.638. The molecular weight excluding hydrogens is 332 g/mol. The van der Waals surface area contributed by atoms with Gasteiger partial charge in [0.2, 0.25) is 5.95 Å². The van der Waals surface area contributed by atoms with Gasteiger partial charge in [-0.25, -0.2) is 4.98 Å². The standard InChI is InChI=1S/C20H22N4.ClH/c1-13-9-5-7-11-17(13)22-19-15(3)16(4)21-20(24-19)23-18-12-8-6-10-14(18)2;/h5-12H,1-4H3,(H2,21,22,23,24);1H. The van der Waals surface area contributed by atoms with Crippen LogP contribution in [-0.2, 0) is 0 Å². The second kappa shape index (κ2) is 7.99. The van der Waals surface area contributed by atoms with Crippen molar-refractivity contribution < 1.29 is 0 Å². The van der Waals surface area contributed by atoms with Crippen molar-refractivity contribution in [2.24, 2.45) is 0 Å². The molecule has 0 fully saturated rings. The van der Waals surface area contributed by atoms with Gasteiger partial charge in [0.1, 0.15) is 5.82 Å². The molecule has 0 spiro atoms. The largest absolute Gasteiger partial charge is 0.340 e. The molecule has 0 saturated carbocycles. The van der Waals surface area contributed by atoms with E-state index in [4.69, 9.17) is 0 Å². The van der Waals surface area contributed by atoms with E-state index in [9.17, 15) is 0 Å². The third-order valence-corrected chi connectivity index (χ3v) is 4.18. The zero-order valence-electron chi connectivity index (χ0n) is 14.9. The molecule has 130 valence electrons. The fraction of sp³-hybridized carbons (Fsp3) is 0.200. The number of hydrogen-bond donors (Lipinski definition) is 2. The Bertz CT molecular complexity index is 877. The van der Waals surface area contributed by atoms with Crippen LogP contribution in [-0.4, -0.2) is 9.97 Å². The van der Waals surface area contributed by atoms with E-state index in [1.807, 2.05) is 44.2 Å². The van der Waals surface area contributed by atoms with E-state index >= 15 is 0 Å². The Kier molecular flexibility index (Phi) is 5.99. The van der Waals surface area contributed by atoms with E-state index in [-0.39, 0.29) is 12.4 Å². The molecule has 0 saturated heterocycles. The number of nitrogens with zero attached hydrogens (tertiary/aromatic N) is 2. The molecule has 2 N–H and O–H groups in total. The molecule has 0 atom stereocenters. The highest BCUT2D eigenvalue weighted by atomic mass is 35.5. The van der Waals surface area contributed by atoms with Crippen LogP contribution in [0.25, 0.3) is 0 Å². The number of aryl methyl sites for hydroxylation is 3. The molecule has 4 nitrogen and oxygen atoms in total. The van der Waals surface area contributed by atoms with Gasteiger partial charge in [-0.3, -0.25) is 0 Å². The first-order valence-corrected chi connectivity index (χ1v) is 8.05. The van der Waals surface area contributed by atoms with Gasteiger partial charge in [0.15, 0.2) is 0 Å². The molecule has 1 aromatic heterocycles. The molecule has 0 unspecified atom stereocenters. The van der Waals surface area contributed by atoms with Crippen molar-refractivity contribution >= 4 is 35.5 Å². The Morgan fingerprint density at radius 1 is 0.680 bits per heavy atom. The van der Waals surface area contributed by atoms with Gasteiger partial charge < -0.3 is 10.6 Å². The molecule has 0 amide bonds. The van der Waals surface area contributed by atoms with Gasteiger partial charge in [-0.2, -0.15) is 4.98 Å². The molecule has 0 radical (unpaired) electrons. The highest BCUT2D eigenvalue weighted by Gasteiger charge is 2.10. The Hall–Kier alpha value is -2.59. The lowest BCUT2D eigenvalue weighted by molar-refractivity contribution is 1.07. The van der Waals surface area contributed by atoms with Crippen LogP contribution in [0.2, 0.25) is 0 Å². The number of anilines is 4. The molecule has 1 heterocycles. The summed E-state index contributed by atoms with van der Waals surface area (Å²) in [6.07, 6.45) is 0. The lowest BCUT2D eigenvalue weighted by Crippen LogP contribution is -2.06. The smallest absolute Gasteiger partial charge is 0.229 e. The summed E-state index contributed by atoms with van der Waals surface area (Å²) in [7, 11) is 0. The average Bonchev–Trinajstić information content (AvgIpc) is 2.56. The van der Waals surface area contributed by atoms with Crippen molar-refractivity contribution in [3.05, 3.63) is 70.9 Å². The summed E-state index contributed by atoms with van der Waals surface area (Å²) in [4.78, 5) is 9.24. The van der Waals surface area contributed by atoms with Crippen LogP contribution in [0.3, 0.4) is 0 Å². The first kappa shape index (κ1) is 18.7. The molecule has 0 aliphatic heterocycles. The van der Waals surface area contributed by atoms with Crippen LogP contribution in [0, 0.1) is 27.7 Å². The summed E-state index contributed by atoms with van der Waals surface area (Å²) in [6.45, 7) is 8.19. The van der Waals surface area contributed by atoms with E-state index in [0.29, 0.717) is 5.95 Å². The lowest BCUT2D eigenvalue weighted by Gasteiger charge is -2.15. The Morgan fingerprint density at radius 2 is 1.20 bits per heavy atom. The van der Waals surface area contributed by atoms with E-state index in [2.05, 4.69) is 52.6 Å². The van der Waals surface area contributed by atoms with Gasteiger partial charge in [0.05, 0.1) is 0 Å². The minimum atomic E-state index is 0. The molecule has 25 heavy (non-hydrogen) atoms. The first-order valence-electron chi connectivity index (χ1n) is 8.05.